The third kappa shape index (κ3) is 3.20. The van der Waals surface area contributed by atoms with Crippen LogP contribution in [0.4, 0.5) is 17.6 Å². The van der Waals surface area contributed by atoms with Crippen LogP contribution in [0.2, 0.25) is 0 Å². The SMILES string of the molecule is COc1cc(F)c(C(F)(F)CC(C)(C)C(=O)O)c(F)c1. The molecule has 1 aromatic carbocycles. The average molecular weight is 294 g/mol. The highest BCUT2D eigenvalue weighted by molar-refractivity contribution is 5.73. The number of methoxy groups -OCH3 is 1. The Hall–Kier alpha value is -1.79. The minimum Gasteiger partial charge on any atom is -0.497 e. The van der Waals surface area contributed by atoms with Crippen molar-refractivity contribution in [2.45, 2.75) is 26.2 Å². The summed E-state index contributed by atoms with van der Waals surface area (Å²) in [5.41, 5.74) is -3.28. The summed E-state index contributed by atoms with van der Waals surface area (Å²) in [6, 6.07) is 1.25. The second-order valence-electron chi connectivity index (χ2n) is 5.04. The van der Waals surface area contributed by atoms with Crippen LogP contribution < -0.4 is 4.74 Å². The van der Waals surface area contributed by atoms with Gasteiger partial charge in [0, 0.05) is 18.6 Å². The lowest BCUT2D eigenvalue weighted by Crippen LogP contribution is -2.32. The zero-order valence-corrected chi connectivity index (χ0v) is 11.1. The topological polar surface area (TPSA) is 46.5 Å². The first-order valence-electron chi connectivity index (χ1n) is 5.66. The molecule has 20 heavy (non-hydrogen) atoms. The standard InChI is InChI=1S/C13H14F4O3/c1-12(2,11(18)19)6-13(16,17)10-8(14)4-7(20-3)5-9(10)15/h4-5H,6H2,1-3H3,(H,18,19). The van der Waals surface area contributed by atoms with Gasteiger partial charge in [-0.15, -0.1) is 0 Å². The lowest BCUT2D eigenvalue weighted by Gasteiger charge is -2.26. The van der Waals surface area contributed by atoms with E-state index in [1.165, 1.54) is 0 Å². The van der Waals surface area contributed by atoms with Crippen LogP contribution in [0.1, 0.15) is 25.8 Å². The van der Waals surface area contributed by atoms with Gasteiger partial charge < -0.3 is 9.84 Å². The molecule has 1 aromatic rings. The Morgan fingerprint density at radius 1 is 1.25 bits per heavy atom. The van der Waals surface area contributed by atoms with Crippen LogP contribution in [0.15, 0.2) is 12.1 Å². The monoisotopic (exact) mass is 294 g/mol. The zero-order valence-electron chi connectivity index (χ0n) is 11.1. The fraction of sp³-hybridized carbons (Fsp3) is 0.462. The van der Waals surface area contributed by atoms with E-state index in [2.05, 4.69) is 4.74 Å². The van der Waals surface area contributed by atoms with Crippen molar-refractivity contribution < 1.29 is 32.2 Å². The first-order valence-corrected chi connectivity index (χ1v) is 5.66. The van der Waals surface area contributed by atoms with Crippen molar-refractivity contribution in [2.24, 2.45) is 5.41 Å². The van der Waals surface area contributed by atoms with Crippen LogP contribution in [0.25, 0.3) is 0 Å². The summed E-state index contributed by atoms with van der Waals surface area (Å²) < 4.78 is 59.8. The minimum absolute atomic E-state index is 0.239. The highest BCUT2D eigenvalue weighted by atomic mass is 19.3. The molecular weight excluding hydrogens is 280 g/mol. The van der Waals surface area contributed by atoms with Crippen LogP contribution in [-0.4, -0.2) is 18.2 Å². The molecule has 0 atom stereocenters. The van der Waals surface area contributed by atoms with Gasteiger partial charge in [0.05, 0.1) is 18.1 Å². The molecule has 0 spiro atoms. The average Bonchev–Trinajstić information content (AvgIpc) is 2.25. The maximum atomic E-state index is 14.0. The van der Waals surface area contributed by atoms with E-state index in [9.17, 15) is 22.4 Å². The first kappa shape index (κ1) is 16.3. The highest BCUT2D eigenvalue weighted by Crippen LogP contribution is 2.42. The molecule has 0 radical (unpaired) electrons. The third-order valence-electron chi connectivity index (χ3n) is 2.86. The molecule has 7 heteroatoms. The number of alkyl halides is 2. The normalized spacial score (nSPS) is 12.3. The highest BCUT2D eigenvalue weighted by Gasteiger charge is 2.45. The number of aliphatic carboxylic acids is 1. The Kier molecular flexibility index (Phi) is 4.31. The number of benzene rings is 1. The molecule has 0 unspecified atom stereocenters. The lowest BCUT2D eigenvalue weighted by atomic mass is 9.84. The van der Waals surface area contributed by atoms with Gasteiger partial charge in [0.25, 0.3) is 5.92 Å². The van der Waals surface area contributed by atoms with Gasteiger partial charge in [0.2, 0.25) is 0 Å². The van der Waals surface area contributed by atoms with Gasteiger partial charge in [-0.05, 0) is 13.8 Å². The van der Waals surface area contributed by atoms with E-state index >= 15 is 0 Å². The molecule has 0 saturated carbocycles. The van der Waals surface area contributed by atoms with E-state index < -0.39 is 40.9 Å². The summed E-state index contributed by atoms with van der Waals surface area (Å²) in [7, 11) is 1.14. The third-order valence-corrected chi connectivity index (χ3v) is 2.86. The Labute approximate surface area is 113 Å². The molecule has 1 rings (SSSR count). The molecular formula is C13H14F4O3. The number of carbonyl (C=O) groups is 1. The summed E-state index contributed by atoms with van der Waals surface area (Å²) in [5, 5.41) is 8.83. The summed E-state index contributed by atoms with van der Waals surface area (Å²) >= 11 is 0. The Bertz CT molecular complexity index is 503. The van der Waals surface area contributed by atoms with Gasteiger partial charge in [0.1, 0.15) is 17.4 Å². The van der Waals surface area contributed by atoms with E-state index in [1.807, 2.05) is 0 Å². The quantitative estimate of drug-likeness (QED) is 0.844. The molecule has 3 nitrogen and oxygen atoms in total. The second kappa shape index (κ2) is 5.30. The van der Waals surface area contributed by atoms with E-state index in [-0.39, 0.29) is 5.75 Å². The summed E-state index contributed by atoms with van der Waals surface area (Å²) in [6.07, 6.45) is -1.23. The molecule has 0 bridgehead atoms. The molecule has 0 heterocycles. The molecule has 0 saturated heterocycles. The number of carboxylic acid groups (broad SMARTS) is 1. The van der Waals surface area contributed by atoms with E-state index in [4.69, 9.17) is 5.11 Å². The largest absolute Gasteiger partial charge is 0.497 e. The van der Waals surface area contributed by atoms with Crippen LogP contribution >= 0.6 is 0 Å². The van der Waals surface area contributed by atoms with Gasteiger partial charge in [-0.25, -0.2) is 17.6 Å². The van der Waals surface area contributed by atoms with Gasteiger partial charge in [-0.3, -0.25) is 4.79 Å². The molecule has 0 amide bonds. The van der Waals surface area contributed by atoms with Crippen molar-refractivity contribution in [3.05, 3.63) is 29.3 Å². The summed E-state index contributed by atoms with van der Waals surface area (Å²) in [6.45, 7) is 2.12. The van der Waals surface area contributed by atoms with Crippen molar-refractivity contribution in [1.29, 1.82) is 0 Å². The number of carboxylic acids is 1. The maximum absolute atomic E-state index is 14.0. The first-order chi connectivity index (χ1) is 9.01. The molecule has 0 aliphatic heterocycles. The van der Waals surface area contributed by atoms with E-state index in [0.29, 0.717) is 12.1 Å². The predicted molar refractivity (Wildman–Crippen MR) is 62.8 cm³/mol. The molecule has 0 fully saturated rings. The van der Waals surface area contributed by atoms with Crippen LogP contribution in [0.5, 0.6) is 5.75 Å². The van der Waals surface area contributed by atoms with Crippen LogP contribution in [0, 0.1) is 17.0 Å². The van der Waals surface area contributed by atoms with Crippen molar-refractivity contribution in [1.82, 2.24) is 0 Å². The summed E-state index contributed by atoms with van der Waals surface area (Å²) in [4.78, 5) is 10.9. The predicted octanol–water partition coefficient (Wildman–Crippen LogP) is 3.57. The zero-order chi connectivity index (χ0) is 15.7. The number of ether oxygens (including phenoxy) is 1. The Morgan fingerprint density at radius 3 is 2.05 bits per heavy atom. The number of halogens is 4. The molecule has 112 valence electrons. The molecule has 0 aliphatic carbocycles. The van der Waals surface area contributed by atoms with Gasteiger partial charge in [-0.1, -0.05) is 0 Å². The number of hydrogen-bond donors (Lipinski definition) is 1. The summed E-state index contributed by atoms with van der Waals surface area (Å²) in [5.74, 6) is -8.63. The fourth-order valence-corrected chi connectivity index (χ4v) is 1.74. The number of rotatable bonds is 5. The van der Waals surface area contributed by atoms with Crippen molar-refractivity contribution >= 4 is 5.97 Å². The van der Waals surface area contributed by atoms with Crippen LogP contribution in [-0.2, 0) is 10.7 Å². The minimum atomic E-state index is -3.96. The fourth-order valence-electron chi connectivity index (χ4n) is 1.74. The number of hydrogen-bond acceptors (Lipinski definition) is 2. The van der Waals surface area contributed by atoms with Gasteiger partial charge >= 0.3 is 5.97 Å². The molecule has 0 aromatic heterocycles. The van der Waals surface area contributed by atoms with Gasteiger partial charge in [-0.2, -0.15) is 0 Å². The van der Waals surface area contributed by atoms with E-state index in [0.717, 1.165) is 21.0 Å². The maximum Gasteiger partial charge on any atom is 0.309 e. The van der Waals surface area contributed by atoms with Crippen molar-refractivity contribution in [2.75, 3.05) is 7.11 Å². The van der Waals surface area contributed by atoms with Crippen molar-refractivity contribution in [3.63, 3.8) is 0 Å². The van der Waals surface area contributed by atoms with Gasteiger partial charge in [0.15, 0.2) is 0 Å². The Morgan fingerprint density at radius 2 is 1.70 bits per heavy atom. The molecule has 0 aliphatic rings. The lowest BCUT2D eigenvalue weighted by molar-refractivity contribution is -0.153. The smallest absolute Gasteiger partial charge is 0.309 e. The van der Waals surface area contributed by atoms with Crippen LogP contribution in [0.3, 0.4) is 0 Å². The van der Waals surface area contributed by atoms with E-state index in [1.54, 1.807) is 0 Å². The molecule has 1 N–H and O–H groups in total. The second-order valence-corrected chi connectivity index (χ2v) is 5.04. The Balaban J connectivity index is 3.26. The van der Waals surface area contributed by atoms with Crippen molar-refractivity contribution in [3.8, 4) is 5.75 Å².